The second-order valence-electron chi connectivity index (χ2n) is 6.69. The van der Waals surface area contributed by atoms with Gasteiger partial charge in [0.15, 0.2) is 0 Å². The predicted molar refractivity (Wildman–Crippen MR) is 88.7 cm³/mol. The SMILES string of the molecule is CCCCCCOCC(O)CNCC1CCN(C(C)C)C1. The maximum atomic E-state index is 9.87. The number of aliphatic hydroxyl groups is 1. The molecule has 0 spiro atoms. The Hall–Kier alpha value is -0.160. The fourth-order valence-electron chi connectivity index (χ4n) is 2.86. The van der Waals surface area contributed by atoms with Crippen LogP contribution in [0.1, 0.15) is 52.9 Å². The van der Waals surface area contributed by atoms with Crippen LogP contribution in [0.4, 0.5) is 0 Å². The van der Waals surface area contributed by atoms with Crippen molar-refractivity contribution in [1.82, 2.24) is 10.2 Å². The van der Waals surface area contributed by atoms with E-state index in [0.717, 1.165) is 25.5 Å². The molecular formula is C17H36N2O2. The Kier molecular flexibility index (Phi) is 10.3. The molecule has 4 heteroatoms. The van der Waals surface area contributed by atoms with Crippen LogP contribution < -0.4 is 5.32 Å². The van der Waals surface area contributed by atoms with E-state index in [0.29, 0.717) is 19.2 Å². The van der Waals surface area contributed by atoms with Crippen LogP contribution in [-0.2, 0) is 4.74 Å². The summed E-state index contributed by atoms with van der Waals surface area (Å²) in [5.41, 5.74) is 0. The van der Waals surface area contributed by atoms with E-state index in [2.05, 4.69) is 31.0 Å². The average Bonchev–Trinajstić information content (AvgIpc) is 2.92. The summed E-state index contributed by atoms with van der Waals surface area (Å²) in [6.45, 7) is 12.0. The zero-order chi connectivity index (χ0) is 15.5. The Balaban J connectivity index is 1.93. The van der Waals surface area contributed by atoms with E-state index in [9.17, 15) is 5.11 Å². The van der Waals surface area contributed by atoms with Gasteiger partial charge in [0, 0.05) is 25.7 Å². The molecule has 1 aliphatic heterocycles. The van der Waals surface area contributed by atoms with E-state index in [1.54, 1.807) is 0 Å². The van der Waals surface area contributed by atoms with Crippen molar-refractivity contribution in [2.45, 2.75) is 65.0 Å². The number of hydrogen-bond acceptors (Lipinski definition) is 4. The van der Waals surface area contributed by atoms with Crippen LogP contribution in [0.3, 0.4) is 0 Å². The van der Waals surface area contributed by atoms with Crippen molar-refractivity contribution >= 4 is 0 Å². The molecule has 0 aromatic rings. The summed E-state index contributed by atoms with van der Waals surface area (Å²) < 4.78 is 5.51. The van der Waals surface area contributed by atoms with Crippen LogP contribution in [0.5, 0.6) is 0 Å². The van der Waals surface area contributed by atoms with Crippen molar-refractivity contribution in [3.05, 3.63) is 0 Å². The Morgan fingerprint density at radius 1 is 1.29 bits per heavy atom. The minimum atomic E-state index is -0.376. The van der Waals surface area contributed by atoms with Gasteiger partial charge in [0.1, 0.15) is 0 Å². The van der Waals surface area contributed by atoms with Crippen molar-refractivity contribution in [3.8, 4) is 0 Å². The molecule has 4 nitrogen and oxygen atoms in total. The largest absolute Gasteiger partial charge is 0.389 e. The lowest BCUT2D eigenvalue weighted by Gasteiger charge is -2.20. The van der Waals surface area contributed by atoms with E-state index in [4.69, 9.17) is 4.74 Å². The summed E-state index contributed by atoms with van der Waals surface area (Å²) in [5, 5.41) is 13.3. The van der Waals surface area contributed by atoms with Crippen LogP contribution in [0.25, 0.3) is 0 Å². The maximum Gasteiger partial charge on any atom is 0.0897 e. The second-order valence-corrected chi connectivity index (χ2v) is 6.69. The average molecular weight is 300 g/mol. The van der Waals surface area contributed by atoms with Crippen LogP contribution in [0.15, 0.2) is 0 Å². The third kappa shape index (κ3) is 8.77. The summed E-state index contributed by atoms with van der Waals surface area (Å²) in [5.74, 6) is 0.731. The number of rotatable bonds is 12. The Labute approximate surface area is 131 Å². The smallest absolute Gasteiger partial charge is 0.0897 e. The quantitative estimate of drug-likeness (QED) is 0.543. The topological polar surface area (TPSA) is 44.7 Å². The zero-order valence-corrected chi connectivity index (χ0v) is 14.3. The van der Waals surface area contributed by atoms with Gasteiger partial charge in [-0.3, -0.25) is 0 Å². The minimum absolute atomic E-state index is 0.376. The molecule has 0 radical (unpaired) electrons. The summed E-state index contributed by atoms with van der Waals surface area (Å²) in [6.07, 6.45) is 5.78. The molecule has 1 aliphatic rings. The Bertz CT molecular complexity index is 249. The van der Waals surface area contributed by atoms with E-state index < -0.39 is 0 Å². The van der Waals surface area contributed by atoms with Gasteiger partial charge in [0.25, 0.3) is 0 Å². The molecule has 0 aromatic carbocycles. The number of unbranched alkanes of at least 4 members (excludes halogenated alkanes) is 3. The van der Waals surface area contributed by atoms with Gasteiger partial charge >= 0.3 is 0 Å². The summed E-state index contributed by atoms with van der Waals surface area (Å²) in [4.78, 5) is 2.53. The second kappa shape index (κ2) is 11.4. The Morgan fingerprint density at radius 2 is 2.10 bits per heavy atom. The maximum absolute atomic E-state index is 9.87. The number of nitrogens with one attached hydrogen (secondary N) is 1. The number of hydrogen-bond donors (Lipinski definition) is 2. The van der Waals surface area contributed by atoms with Crippen LogP contribution in [-0.4, -0.2) is 61.5 Å². The third-order valence-corrected chi connectivity index (χ3v) is 4.31. The first kappa shape index (κ1) is 18.9. The Morgan fingerprint density at radius 3 is 2.76 bits per heavy atom. The van der Waals surface area contributed by atoms with Gasteiger partial charge in [-0.25, -0.2) is 0 Å². The molecule has 0 saturated carbocycles. The van der Waals surface area contributed by atoms with Crippen molar-refractivity contribution in [2.75, 3.05) is 39.4 Å². The molecular weight excluding hydrogens is 264 g/mol. The monoisotopic (exact) mass is 300 g/mol. The lowest BCUT2D eigenvalue weighted by molar-refractivity contribution is 0.0351. The fraction of sp³-hybridized carbons (Fsp3) is 1.00. The molecule has 1 rings (SSSR count). The van der Waals surface area contributed by atoms with Crippen LogP contribution in [0, 0.1) is 5.92 Å². The van der Waals surface area contributed by atoms with Gasteiger partial charge < -0.3 is 20.1 Å². The highest BCUT2D eigenvalue weighted by Gasteiger charge is 2.23. The highest BCUT2D eigenvalue weighted by molar-refractivity contribution is 4.79. The van der Waals surface area contributed by atoms with Crippen molar-refractivity contribution in [3.63, 3.8) is 0 Å². The zero-order valence-electron chi connectivity index (χ0n) is 14.3. The predicted octanol–water partition coefficient (Wildman–Crippen LogP) is 2.26. The lowest BCUT2D eigenvalue weighted by Crippen LogP contribution is -2.35. The fourth-order valence-corrected chi connectivity index (χ4v) is 2.86. The molecule has 21 heavy (non-hydrogen) atoms. The molecule has 0 aliphatic carbocycles. The molecule has 0 aromatic heterocycles. The summed E-state index contributed by atoms with van der Waals surface area (Å²) in [7, 11) is 0. The van der Waals surface area contributed by atoms with Crippen molar-refractivity contribution in [2.24, 2.45) is 5.92 Å². The van der Waals surface area contributed by atoms with Gasteiger partial charge in [0.2, 0.25) is 0 Å². The van der Waals surface area contributed by atoms with Gasteiger partial charge in [-0.05, 0) is 45.7 Å². The van der Waals surface area contributed by atoms with Gasteiger partial charge in [-0.1, -0.05) is 26.2 Å². The van der Waals surface area contributed by atoms with Gasteiger partial charge in [0.05, 0.1) is 12.7 Å². The number of aliphatic hydroxyl groups excluding tert-OH is 1. The molecule has 1 fully saturated rings. The first-order chi connectivity index (χ1) is 10.1. The highest BCUT2D eigenvalue weighted by Crippen LogP contribution is 2.17. The first-order valence-corrected chi connectivity index (χ1v) is 8.84. The molecule has 2 atom stereocenters. The van der Waals surface area contributed by atoms with Crippen molar-refractivity contribution < 1.29 is 9.84 Å². The molecule has 0 amide bonds. The summed E-state index contributed by atoms with van der Waals surface area (Å²) in [6, 6.07) is 0.654. The number of ether oxygens (including phenoxy) is 1. The molecule has 2 N–H and O–H groups in total. The van der Waals surface area contributed by atoms with Crippen LogP contribution in [0.2, 0.25) is 0 Å². The molecule has 2 unspecified atom stereocenters. The summed E-state index contributed by atoms with van der Waals surface area (Å²) >= 11 is 0. The van der Waals surface area contributed by atoms with E-state index in [1.165, 1.54) is 38.8 Å². The number of likely N-dealkylation sites (tertiary alicyclic amines) is 1. The van der Waals surface area contributed by atoms with E-state index in [1.807, 2.05) is 0 Å². The standard InChI is InChI=1S/C17H36N2O2/c1-4-5-6-7-10-21-14-17(20)12-18-11-16-8-9-19(13-16)15(2)3/h15-18,20H,4-14H2,1-3H3. The third-order valence-electron chi connectivity index (χ3n) is 4.31. The molecule has 1 heterocycles. The minimum Gasteiger partial charge on any atom is -0.389 e. The molecule has 1 saturated heterocycles. The van der Waals surface area contributed by atoms with Crippen molar-refractivity contribution in [1.29, 1.82) is 0 Å². The van der Waals surface area contributed by atoms with E-state index >= 15 is 0 Å². The first-order valence-electron chi connectivity index (χ1n) is 8.84. The molecule has 0 bridgehead atoms. The highest BCUT2D eigenvalue weighted by atomic mass is 16.5. The molecule has 126 valence electrons. The lowest BCUT2D eigenvalue weighted by atomic mass is 10.1. The normalized spacial score (nSPS) is 21.3. The number of nitrogens with zero attached hydrogens (tertiary/aromatic N) is 1. The van der Waals surface area contributed by atoms with Crippen LogP contribution >= 0.6 is 0 Å². The van der Waals surface area contributed by atoms with E-state index in [-0.39, 0.29) is 6.10 Å². The van der Waals surface area contributed by atoms with Gasteiger partial charge in [-0.2, -0.15) is 0 Å². The van der Waals surface area contributed by atoms with Gasteiger partial charge in [-0.15, -0.1) is 0 Å².